The molecule has 3 atom stereocenters. The molecule has 0 aliphatic carbocycles. The Balaban J connectivity index is 1.61. The number of nitrogens with two attached hydrogens (primary N) is 1. The molecule has 3 unspecified atom stereocenters. The summed E-state index contributed by atoms with van der Waals surface area (Å²) in [4.78, 5) is 4.85. The Morgan fingerprint density at radius 2 is 2.30 bits per heavy atom. The van der Waals surface area contributed by atoms with E-state index in [9.17, 15) is 0 Å². The first-order chi connectivity index (χ1) is 9.83. The van der Waals surface area contributed by atoms with Crippen molar-refractivity contribution in [3.05, 3.63) is 40.2 Å². The van der Waals surface area contributed by atoms with Crippen molar-refractivity contribution in [3.8, 4) is 11.3 Å². The lowest BCUT2D eigenvalue weighted by molar-refractivity contribution is 0.101. The van der Waals surface area contributed by atoms with E-state index in [2.05, 4.69) is 29.6 Å². The van der Waals surface area contributed by atoms with Crippen LogP contribution in [0.3, 0.4) is 0 Å². The molecule has 0 spiro atoms. The van der Waals surface area contributed by atoms with Crippen LogP contribution in [0.25, 0.3) is 11.3 Å². The predicted molar refractivity (Wildman–Crippen MR) is 80.7 cm³/mol. The highest BCUT2D eigenvalue weighted by atomic mass is 32.1. The molecule has 2 aliphatic heterocycles. The molecule has 2 saturated heterocycles. The Hall–Kier alpha value is -1.23. The van der Waals surface area contributed by atoms with Crippen molar-refractivity contribution in [2.75, 3.05) is 0 Å². The van der Waals surface area contributed by atoms with Crippen LogP contribution in [0.5, 0.6) is 0 Å². The topological polar surface area (TPSA) is 48.1 Å². The largest absolute Gasteiger partial charge is 0.374 e. The van der Waals surface area contributed by atoms with E-state index in [1.807, 2.05) is 0 Å². The number of benzene rings is 1. The third-order valence-electron chi connectivity index (χ3n) is 4.40. The molecule has 2 N–H and O–H groups in total. The number of nitrogens with zero attached hydrogens (tertiary/aromatic N) is 1. The van der Waals surface area contributed by atoms with Gasteiger partial charge in [0.05, 0.1) is 22.9 Å². The Bertz CT molecular complexity index is 624. The third kappa shape index (κ3) is 2.08. The van der Waals surface area contributed by atoms with Crippen LogP contribution >= 0.6 is 11.3 Å². The summed E-state index contributed by atoms with van der Waals surface area (Å²) in [7, 11) is 0. The van der Waals surface area contributed by atoms with Crippen LogP contribution in [0.2, 0.25) is 0 Å². The first kappa shape index (κ1) is 12.5. The molecule has 0 amide bonds. The summed E-state index contributed by atoms with van der Waals surface area (Å²) in [6, 6.07) is 8.35. The van der Waals surface area contributed by atoms with Gasteiger partial charge in [0.2, 0.25) is 0 Å². The van der Waals surface area contributed by atoms with E-state index < -0.39 is 0 Å². The molecule has 2 bridgehead atoms. The van der Waals surface area contributed by atoms with Gasteiger partial charge in [-0.1, -0.05) is 18.2 Å². The van der Waals surface area contributed by atoms with Crippen LogP contribution in [0.15, 0.2) is 29.6 Å². The van der Waals surface area contributed by atoms with Crippen LogP contribution in [-0.2, 0) is 11.3 Å². The highest BCUT2D eigenvalue weighted by Gasteiger charge is 2.42. The van der Waals surface area contributed by atoms with E-state index in [4.69, 9.17) is 15.5 Å². The Morgan fingerprint density at radius 1 is 1.35 bits per heavy atom. The third-order valence-corrected chi connectivity index (χ3v) is 5.38. The zero-order chi connectivity index (χ0) is 13.5. The molecular formula is C16H18N2OS. The van der Waals surface area contributed by atoms with E-state index in [0.29, 0.717) is 24.7 Å². The van der Waals surface area contributed by atoms with Crippen molar-refractivity contribution in [2.24, 2.45) is 5.73 Å². The smallest absolute Gasteiger partial charge is 0.0990 e. The number of hydrogen-bond acceptors (Lipinski definition) is 4. The van der Waals surface area contributed by atoms with Gasteiger partial charge in [0.1, 0.15) is 0 Å². The molecule has 1 aromatic heterocycles. The number of ether oxygens (including phenoxy) is 1. The summed E-state index contributed by atoms with van der Waals surface area (Å²) in [5.41, 5.74) is 9.10. The SMILES string of the molecule is NCc1cccc(-c2csc(C3CC4CCC3O4)n2)c1. The van der Waals surface area contributed by atoms with Crippen molar-refractivity contribution in [1.29, 1.82) is 0 Å². The minimum atomic E-state index is 0.411. The number of rotatable bonds is 3. The predicted octanol–water partition coefficient (Wildman–Crippen LogP) is 3.30. The van der Waals surface area contributed by atoms with Gasteiger partial charge in [0, 0.05) is 23.4 Å². The van der Waals surface area contributed by atoms with Gasteiger partial charge >= 0.3 is 0 Å². The van der Waals surface area contributed by atoms with Gasteiger partial charge in [0.15, 0.2) is 0 Å². The second kappa shape index (κ2) is 4.95. The van der Waals surface area contributed by atoms with Crippen molar-refractivity contribution >= 4 is 11.3 Å². The van der Waals surface area contributed by atoms with Gasteiger partial charge in [-0.3, -0.25) is 0 Å². The van der Waals surface area contributed by atoms with Crippen molar-refractivity contribution in [3.63, 3.8) is 0 Å². The van der Waals surface area contributed by atoms with Gasteiger partial charge in [0.25, 0.3) is 0 Å². The molecule has 2 aliphatic rings. The second-order valence-electron chi connectivity index (χ2n) is 5.69. The lowest BCUT2D eigenvalue weighted by atomic mass is 9.90. The molecular weight excluding hydrogens is 268 g/mol. The standard InChI is InChI=1S/C16H18N2OS/c17-8-10-2-1-3-11(6-10)14-9-20-16(18-14)13-7-12-4-5-15(13)19-12/h1-3,6,9,12-13,15H,4-5,7-8,17H2. The molecule has 104 valence electrons. The summed E-state index contributed by atoms with van der Waals surface area (Å²) in [6.45, 7) is 0.574. The molecule has 2 fully saturated rings. The summed E-state index contributed by atoms with van der Waals surface area (Å²) >= 11 is 1.77. The van der Waals surface area contributed by atoms with Crippen LogP contribution in [0, 0.1) is 0 Å². The van der Waals surface area contributed by atoms with E-state index in [0.717, 1.165) is 17.7 Å². The lowest BCUT2D eigenvalue weighted by Crippen LogP contribution is -2.13. The molecule has 0 saturated carbocycles. The lowest BCUT2D eigenvalue weighted by Gasteiger charge is -2.15. The average molecular weight is 286 g/mol. The minimum Gasteiger partial charge on any atom is -0.374 e. The normalized spacial score (nSPS) is 28.1. The molecule has 2 aromatic rings. The average Bonchev–Trinajstić information content (AvgIpc) is 3.22. The number of thiazole rings is 1. The van der Waals surface area contributed by atoms with Gasteiger partial charge in [-0.25, -0.2) is 4.98 Å². The number of fused-ring (bicyclic) bond motifs is 2. The van der Waals surface area contributed by atoms with E-state index in [1.54, 1.807) is 11.3 Å². The summed E-state index contributed by atoms with van der Waals surface area (Å²) < 4.78 is 5.94. The number of hydrogen-bond donors (Lipinski definition) is 1. The highest BCUT2D eigenvalue weighted by Crippen LogP contribution is 2.45. The minimum absolute atomic E-state index is 0.411. The monoisotopic (exact) mass is 286 g/mol. The molecule has 4 rings (SSSR count). The molecule has 1 aromatic carbocycles. The zero-order valence-corrected chi connectivity index (χ0v) is 12.1. The van der Waals surface area contributed by atoms with Crippen LogP contribution < -0.4 is 5.73 Å². The number of aromatic nitrogens is 1. The van der Waals surface area contributed by atoms with E-state index in [1.165, 1.54) is 23.4 Å². The van der Waals surface area contributed by atoms with Crippen LogP contribution in [-0.4, -0.2) is 17.2 Å². The molecule has 20 heavy (non-hydrogen) atoms. The van der Waals surface area contributed by atoms with Crippen molar-refractivity contribution in [1.82, 2.24) is 4.98 Å². The fourth-order valence-electron chi connectivity index (χ4n) is 3.35. The Labute approximate surface area is 122 Å². The van der Waals surface area contributed by atoms with Gasteiger partial charge in [-0.15, -0.1) is 11.3 Å². The second-order valence-corrected chi connectivity index (χ2v) is 6.58. The summed E-state index contributed by atoms with van der Waals surface area (Å²) in [5.74, 6) is 0.519. The Morgan fingerprint density at radius 3 is 3.05 bits per heavy atom. The zero-order valence-electron chi connectivity index (χ0n) is 11.3. The maximum Gasteiger partial charge on any atom is 0.0990 e. The van der Waals surface area contributed by atoms with Gasteiger partial charge < -0.3 is 10.5 Å². The van der Waals surface area contributed by atoms with Crippen molar-refractivity contribution < 1.29 is 4.74 Å². The van der Waals surface area contributed by atoms with Gasteiger partial charge in [-0.2, -0.15) is 0 Å². The molecule has 0 radical (unpaired) electrons. The maximum atomic E-state index is 5.94. The molecule has 4 heteroatoms. The first-order valence-electron chi connectivity index (χ1n) is 7.24. The highest BCUT2D eigenvalue weighted by molar-refractivity contribution is 7.10. The van der Waals surface area contributed by atoms with E-state index in [-0.39, 0.29) is 0 Å². The fraction of sp³-hybridized carbons (Fsp3) is 0.438. The quantitative estimate of drug-likeness (QED) is 0.941. The Kier molecular flexibility index (Phi) is 3.10. The van der Waals surface area contributed by atoms with Crippen LogP contribution in [0.1, 0.15) is 35.8 Å². The molecule has 3 heterocycles. The molecule has 3 nitrogen and oxygen atoms in total. The van der Waals surface area contributed by atoms with Crippen LogP contribution in [0.4, 0.5) is 0 Å². The maximum absolute atomic E-state index is 5.94. The van der Waals surface area contributed by atoms with Gasteiger partial charge in [-0.05, 0) is 30.9 Å². The fourth-order valence-corrected chi connectivity index (χ4v) is 4.34. The summed E-state index contributed by atoms with van der Waals surface area (Å²) in [6.07, 6.45) is 4.48. The van der Waals surface area contributed by atoms with E-state index >= 15 is 0 Å². The summed E-state index contributed by atoms with van der Waals surface area (Å²) in [5, 5.41) is 3.40. The first-order valence-corrected chi connectivity index (χ1v) is 8.11. The van der Waals surface area contributed by atoms with Crippen molar-refractivity contribution in [2.45, 2.75) is 43.9 Å².